The lowest BCUT2D eigenvalue weighted by Crippen LogP contribution is -2.26. The van der Waals surface area contributed by atoms with E-state index in [0.717, 1.165) is 22.5 Å². The van der Waals surface area contributed by atoms with Gasteiger partial charge in [0.15, 0.2) is 11.5 Å². The van der Waals surface area contributed by atoms with Crippen LogP contribution in [0.3, 0.4) is 0 Å². The number of aryl methyl sites for hydroxylation is 2. The van der Waals surface area contributed by atoms with Crippen LogP contribution in [-0.2, 0) is 18.3 Å². The zero-order valence-corrected chi connectivity index (χ0v) is 18.7. The molecule has 3 heterocycles. The summed E-state index contributed by atoms with van der Waals surface area (Å²) in [6, 6.07) is 15.1. The summed E-state index contributed by atoms with van der Waals surface area (Å²) >= 11 is 0. The van der Waals surface area contributed by atoms with Crippen molar-refractivity contribution < 1.29 is 14.3 Å². The third-order valence-corrected chi connectivity index (χ3v) is 6.10. The van der Waals surface area contributed by atoms with Crippen molar-refractivity contribution in [3.8, 4) is 22.8 Å². The summed E-state index contributed by atoms with van der Waals surface area (Å²) in [5.74, 6) is 1.08. The van der Waals surface area contributed by atoms with Gasteiger partial charge < -0.3 is 19.4 Å². The maximum absolute atomic E-state index is 13.3. The van der Waals surface area contributed by atoms with Crippen LogP contribution in [-0.4, -0.2) is 26.9 Å². The van der Waals surface area contributed by atoms with E-state index in [-0.39, 0.29) is 24.7 Å². The first-order valence-electron chi connectivity index (χ1n) is 10.8. The van der Waals surface area contributed by atoms with Crippen LogP contribution in [0.2, 0.25) is 0 Å². The Morgan fingerprint density at radius 3 is 2.70 bits per heavy atom. The maximum atomic E-state index is 13.3. The molecule has 0 spiro atoms. The average molecular weight is 444 g/mol. The van der Waals surface area contributed by atoms with Crippen molar-refractivity contribution in [2.45, 2.75) is 26.7 Å². The van der Waals surface area contributed by atoms with Crippen LogP contribution in [0.15, 0.2) is 53.3 Å². The molecule has 1 aliphatic rings. The fourth-order valence-electron chi connectivity index (χ4n) is 4.13. The quantitative estimate of drug-likeness (QED) is 0.508. The molecule has 1 aliphatic heterocycles. The van der Waals surface area contributed by atoms with Gasteiger partial charge in [0.25, 0.3) is 5.56 Å². The van der Waals surface area contributed by atoms with Gasteiger partial charge in [0.05, 0.1) is 5.69 Å². The topological polar surface area (TPSA) is 86.9 Å². The number of carbonyl (C=O) groups is 1. The van der Waals surface area contributed by atoms with Gasteiger partial charge in [-0.1, -0.05) is 24.3 Å². The molecule has 0 aliphatic carbocycles. The third-order valence-electron chi connectivity index (χ3n) is 6.10. The van der Waals surface area contributed by atoms with E-state index in [2.05, 4.69) is 10.4 Å². The number of hydrogen-bond acceptors (Lipinski definition) is 5. The lowest BCUT2D eigenvalue weighted by molar-refractivity contribution is -0.116. The van der Waals surface area contributed by atoms with E-state index >= 15 is 0 Å². The van der Waals surface area contributed by atoms with Crippen molar-refractivity contribution in [2.75, 3.05) is 12.1 Å². The number of ether oxygens (including phenoxy) is 2. The Morgan fingerprint density at radius 1 is 1.09 bits per heavy atom. The lowest BCUT2D eigenvalue weighted by atomic mass is 10.1. The number of carbonyl (C=O) groups excluding carboxylic acids is 1. The van der Waals surface area contributed by atoms with Crippen LogP contribution in [0.25, 0.3) is 16.9 Å². The minimum atomic E-state index is -0.198. The number of aromatic nitrogens is 3. The number of benzene rings is 2. The number of amides is 1. The van der Waals surface area contributed by atoms with Crippen molar-refractivity contribution >= 4 is 17.2 Å². The Bertz CT molecular complexity index is 1450. The van der Waals surface area contributed by atoms with Gasteiger partial charge in [-0.05, 0) is 38.0 Å². The molecule has 5 rings (SSSR count). The van der Waals surface area contributed by atoms with E-state index in [1.807, 2.05) is 55.8 Å². The van der Waals surface area contributed by atoms with E-state index in [1.165, 1.54) is 4.52 Å². The summed E-state index contributed by atoms with van der Waals surface area (Å²) in [5.41, 5.74) is 5.36. The van der Waals surface area contributed by atoms with Gasteiger partial charge in [0.1, 0.15) is 5.65 Å². The molecule has 1 amide bonds. The molecule has 1 N–H and O–H groups in total. The largest absolute Gasteiger partial charge is 0.454 e. The second-order valence-corrected chi connectivity index (χ2v) is 8.16. The van der Waals surface area contributed by atoms with Crippen LogP contribution >= 0.6 is 0 Å². The Hall–Kier alpha value is -4.07. The molecule has 0 fully saturated rings. The second kappa shape index (κ2) is 8.12. The summed E-state index contributed by atoms with van der Waals surface area (Å²) in [4.78, 5) is 25.8. The SMILES string of the molecule is Cc1ccccc1-c1cc2n(C)c(C)c(CCC(=O)Nc3ccc4c(c3)OCO4)c(=O)n2n1. The van der Waals surface area contributed by atoms with Crippen LogP contribution in [0.1, 0.15) is 23.2 Å². The molecule has 0 radical (unpaired) electrons. The predicted octanol–water partition coefficient (Wildman–Crippen LogP) is 3.62. The molecule has 168 valence electrons. The first-order valence-corrected chi connectivity index (χ1v) is 10.8. The molecule has 0 saturated heterocycles. The van der Waals surface area contributed by atoms with Crippen molar-refractivity contribution in [2.24, 2.45) is 7.05 Å². The van der Waals surface area contributed by atoms with Crippen molar-refractivity contribution in [1.29, 1.82) is 0 Å². The molecule has 8 heteroatoms. The smallest absolute Gasteiger partial charge is 0.277 e. The van der Waals surface area contributed by atoms with Crippen molar-refractivity contribution in [3.05, 3.63) is 75.7 Å². The number of anilines is 1. The standard InChI is InChI=1S/C25H24N4O4/c1-15-6-4-5-7-18(15)20-13-24-28(3)16(2)19(25(31)29(24)27-20)9-11-23(30)26-17-8-10-21-22(12-17)33-14-32-21/h4-8,10,12-13H,9,11,14H2,1-3H3,(H,26,30). The minimum absolute atomic E-state index is 0.169. The summed E-state index contributed by atoms with van der Waals surface area (Å²) in [5, 5.41) is 7.45. The summed E-state index contributed by atoms with van der Waals surface area (Å²) < 4.78 is 14.0. The van der Waals surface area contributed by atoms with Gasteiger partial charge in [-0.2, -0.15) is 9.61 Å². The number of nitrogens with zero attached hydrogens (tertiary/aromatic N) is 3. The van der Waals surface area contributed by atoms with E-state index in [1.54, 1.807) is 18.2 Å². The average Bonchev–Trinajstić information content (AvgIpc) is 3.45. The van der Waals surface area contributed by atoms with Crippen molar-refractivity contribution in [1.82, 2.24) is 14.2 Å². The Balaban J connectivity index is 1.39. The molecule has 2 aromatic heterocycles. The summed E-state index contributed by atoms with van der Waals surface area (Å²) in [6.07, 6.45) is 0.479. The van der Waals surface area contributed by atoms with E-state index in [0.29, 0.717) is 34.8 Å². The molecule has 4 aromatic rings. The highest BCUT2D eigenvalue weighted by Gasteiger charge is 2.18. The Labute approximate surface area is 190 Å². The van der Waals surface area contributed by atoms with Crippen molar-refractivity contribution in [3.63, 3.8) is 0 Å². The molecular formula is C25H24N4O4. The third kappa shape index (κ3) is 3.73. The maximum Gasteiger partial charge on any atom is 0.277 e. The molecular weight excluding hydrogens is 420 g/mol. The molecule has 8 nitrogen and oxygen atoms in total. The van der Waals surface area contributed by atoms with Crippen LogP contribution in [0.5, 0.6) is 11.5 Å². The highest BCUT2D eigenvalue weighted by atomic mass is 16.7. The van der Waals surface area contributed by atoms with E-state index < -0.39 is 0 Å². The molecule has 0 saturated carbocycles. The molecule has 0 bridgehead atoms. The minimum Gasteiger partial charge on any atom is -0.454 e. The molecule has 0 atom stereocenters. The first-order chi connectivity index (χ1) is 15.9. The number of rotatable bonds is 5. The number of hydrogen-bond donors (Lipinski definition) is 1. The molecule has 0 unspecified atom stereocenters. The summed E-state index contributed by atoms with van der Waals surface area (Å²) in [6.45, 7) is 4.09. The predicted molar refractivity (Wildman–Crippen MR) is 125 cm³/mol. The molecule has 33 heavy (non-hydrogen) atoms. The number of fused-ring (bicyclic) bond motifs is 2. The van der Waals surface area contributed by atoms with E-state index in [9.17, 15) is 9.59 Å². The van der Waals surface area contributed by atoms with Gasteiger partial charge >= 0.3 is 0 Å². The molecule has 2 aromatic carbocycles. The normalized spacial score (nSPS) is 12.3. The number of nitrogens with one attached hydrogen (secondary N) is 1. The Morgan fingerprint density at radius 2 is 1.88 bits per heavy atom. The fourth-order valence-corrected chi connectivity index (χ4v) is 4.13. The van der Waals surface area contributed by atoms with Gasteiger partial charge in [0, 0.05) is 48.1 Å². The Kier molecular flexibility index (Phi) is 5.12. The fraction of sp³-hybridized carbons (Fsp3) is 0.240. The first kappa shape index (κ1) is 20.8. The van der Waals surface area contributed by atoms with Gasteiger partial charge in [-0.3, -0.25) is 9.59 Å². The van der Waals surface area contributed by atoms with Crippen LogP contribution in [0, 0.1) is 13.8 Å². The highest BCUT2D eigenvalue weighted by Crippen LogP contribution is 2.34. The van der Waals surface area contributed by atoms with Gasteiger partial charge in [-0.15, -0.1) is 0 Å². The van der Waals surface area contributed by atoms with Crippen LogP contribution in [0.4, 0.5) is 5.69 Å². The van der Waals surface area contributed by atoms with Crippen LogP contribution < -0.4 is 20.3 Å². The van der Waals surface area contributed by atoms with Gasteiger partial charge in [0.2, 0.25) is 12.7 Å². The monoisotopic (exact) mass is 444 g/mol. The van der Waals surface area contributed by atoms with Gasteiger partial charge in [-0.25, -0.2) is 0 Å². The van der Waals surface area contributed by atoms with E-state index in [4.69, 9.17) is 9.47 Å². The zero-order valence-electron chi connectivity index (χ0n) is 18.7. The highest BCUT2D eigenvalue weighted by molar-refractivity contribution is 5.91. The second-order valence-electron chi connectivity index (χ2n) is 8.16. The summed E-state index contributed by atoms with van der Waals surface area (Å²) in [7, 11) is 1.91. The zero-order chi connectivity index (χ0) is 23.1. The lowest BCUT2D eigenvalue weighted by Gasteiger charge is -2.12.